The third-order valence-electron chi connectivity index (χ3n) is 3.95. The Labute approximate surface area is 168 Å². The molecule has 5 nitrogen and oxygen atoms in total. The highest BCUT2D eigenvalue weighted by molar-refractivity contribution is 7.99. The zero-order valence-corrected chi connectivity index (χ0v) is 16.3. The smallest absolute Gasteiger partial charge is 0.257 e. The Morgan fingerprint density at radius 1 is 0.929 bits per heavy atom. The minimum absolute atomic E-state index is 0.0785. The number of benzene rings is 2. The van der Waals surface area contributed by atoms with Gasteiger partial charge >= 0.3 is 0 Å². The lowest BCUT2D eigenvalue weighted by Crippen LogP contribution is -2.25. The maximum absolute atomic E-state index is 12.2. The summed E-state index contributed by atoms with van der Waals surface area (Å²) in [4.78, 5) is 28.6. The number of anilines is 1. The number of para-hydroxylation sites is 1. The van der Waals surface area contributed by atoms with Gasteiger partial charge in [0.2, 0.25) is 0 Å². The highest BCUT2D eigenvalue weighted by Gasteiger charge is 2.08. The molecule has 0 fully saturated rings. The summed E-state index contributed by atoms with van der Waals surface area (Å²) in [5.74, 6) is 0.422. The van der Waals surface area contributed by atoms with Crippen LogP contribution in [0.1, 0.15) is 26.3 Å². The van der Waals surface area contributed by atoms with Crippen LogP contribution >= 0.6 is 11.8 Å². The van der Waals surface area contributed by atoms with Crippen LogP contribution in [0.4, 0.5) is 5.69 Å². The Morgan fingerprint density at radius 2 is 1.75 bits per heavy atom. The standard InChI is InChI=1S/C22H21N3O2S/c1-16-6-5-7-17(14-16)21(26)23-12-13-28-20-11-10-18(15-24-20)22(27)25-19-8-3-2-4-9-19/h2-11,14-15H,12-13H2,1H3,(H,23,26)(H,25,27). The zero-order valence-electron chi connectivity index (χ0n) is 15.5. The van der Waals surface area contributed by atoms with Gasteiger partial charge in [0.15, 0.2) is 0 Å². The maximum atomic E-state index is 12.2. The van der Waals surface area contributed by atoms with Gasteiger partial charge in [0.05, 0.1) is 10.6 Å². The minimum Gasteiger partial charge on any atom is -0.351 e. The van der Waals surface area contributed by atoms with Crippen LogP contribution in [0.2, 0.25) is 0 Å². The number of pyridine rings is 1. The molecule has 0 aliphatic heterocycles. The van der Waals surface area contributed by atoms with E-state index in [1.807, 2.05) is 61.5 Å². The van der Waals surface area contributed by atoms with Gasteiger partial charge in [-0.15, -0.1) is 11.8 Å². The highest BCUT2D eigenvalue weighted by atomic mass is 32.2. The number of carbonyl (C=O) groups excluding carboxylic acids is 2. The van der Waals surface area contributed by atoms with E-state index in [1.165, 1.54) is 11.8 Å². The number of aryl methyl sites for hydroxylation is 1. The largest absolute Gasteiger partial charge is 0.351 e. The third-order valence-corrected chi connectivity index (χ3v) is 4.89. The van der Waals surface area contributed by atoms with Gasteiger partial charge in [0.1, 0.15) is 0 Å². The molecule has 0 bridgehead atoms. The van der Waals surface area contributed by atoms with Crippen LogP contribution in [0.15, 0.2) is 78.0 Å². The van der Waals surface area contributed by atoms with Gasteiger partial charge in [0, 0.05) is 29.7 Å². The number of carbonyl (C=O) groups is 2. The van der Waals surface area contributed by atoms with Gasteiger partial charge < -0.3 is 10.6 Å². The van der Waals surface area contributed by atoms with Crippen LogP contribution in [-0.2, 0) is 0 Å². The van der Waals surface area contributed by atoms with Gasteiger partial charge in [0.25, 0.3) is 11.8 Å². The van der Waals surface area contributed by atoms with Crippen molar-refractivity contribution in [1.82, 2.24) is 10.3 Å². The van der Waals surface area contributed by atoms with E-state index in [0.717, 1.165) is 16.3 Å². The number of thioether (sulfide) groups is 1. The highest BCUT2D eigenvalue weighted by Crippen LogP contribution is 2.15. The summed E-state index contributed by atoms with van der Waals surface area (Å²) < 4.78 is 0. The zero-order chi connectivity index (χ0) is 19.8. The van der Waals surface area contributed by atoms with Crippen molar-refractivity contribution in [2.24, 2.45) is 0 Å². The molecule has 0 aliphatic carbocycles. The Balaban J connectivity index is 1.44. The van der Waals surface area contributed by atoms with E-state index in [1.54, 1.807) is 18.3 Å². The van der Waals surface area contributed by atoms with E-state index in [-0.39, 0.29) is 11.8 Å². The first kappa shape index (κ1) is 19.6. The molecule has 28 heavy (non-hydrogen) atoms. The number of rotatable bonds is 7. The summed E-state index contributed by atoms with van der Waals surface area (Å²) in [6, 6.07) is 20.4. The average Bonchev–Trinajstić information content (AvgIpc) is 2.72. The van der Waals surface area contributed by atoms with Crippen LogP contribution in [0, 0.1) is 6.92 Å². The normalized spacial score (nSPS) is 10.3. The Morgan fingerprint density at radius 3 is 2.46 bits per heavy atom. The Bertz CT molecular complexity index is 944. The fourth-order valence-corrected chi connectivity index (χ4v) is 3.24. The van der Waals surface area contributed by atoms with Crippen molar-refractivity contribution in [2.75, 3.05) is 17.6 Å². The lowest BCUT2D eigenvalue weighted by molar-refractivity contribution is 0.0955. The molecule has 2 amide bonds. The molecule has 0 unspecified atom stereocenters. The van der Waals surface area contributed by atoms with Crippen LogP contribution in [0.25, 0.3) is 0 Å². The van der Waals surface area contributed by atoms with Crippen LogP contribution in [0.5, 0.6) is 0 Å². The van der Waals surface area contributed by atoms with E-state index >= 15 is 0 Å². The predicted octanol–water partition coefficient (Wildman–Crippen LogP) is 4.16. The van der Waals surface area contributed by atoms with E-state index in [2.05, 4.69) is 15.6 Å². The number of amides is 2. The van der Waals surface area contributed by atoms with Gasteiger partial charge in [-0.1, -0.05) is 35.9 Å². The summed E-state index contributed by atoms with van der Waals surface area (Å²) in [6.45, 7) is 2.50. The molecule has 1 heterocycles. The molecular weight excluding hydrogens is 370 g/mol. The molecule has 0 saturated carbocycles. The molecular formula is C22H21N3O2S. The molecule has 0 saturated heterocycles. The third kappa shape index (κ3) is 5.69. The molecule has 0 radical (unpaired) electrons. The second-order valence-electron chi connectivity index (χ2n) is 6.18. The molecule has 2 N–H and O–H groups in total. The number of hydrogen-bond acceptors (Lipinski definition) is 4. The average molecular weight is 391 g/mol. The second-order valence-corrected chi connectivity index (χ2v) is 7.29. The SMILES string of the molecule is Cc1cccc(C(=O)NCCSc2ccc(C(=O)Nc3ccccc3)cn2)c1. The molecule has 0 aliphatic rings. The fraction of sp³-hybridized carbons (Fsp3) is 0.136. The molecule has 2 aromatic carbocycles. The summed E-state index contributed by atoms with van der Waals surface area (Å²) in [7, 11) is 0. The summed E-state index contributed by atoms with van der Waals surface area (Å²) >= 11 is 1.53. The first-order valence-corrected chi connectivity index (χ1v) is 9.90. The molecule has 6 heteroatoms. The maximum Gasteiger partial charge on any atom is 0.257 e. The quantitative estimate of drug-likeness (QED) is 0.469. The molecule has 0 spiro atoms. The number of hydrogen-bond donors (Lipinski definition) is 2. The predicted molar refractivity (Wildman–Crippen MR) is 113 cm³/mol. The van der Waals surface area contributed by atoms with Crippen molar-refractivity contribution in [3.63, 3.8) is 0 Å². The van der Waals surface area contributed by atoms with Gasteiger partial charge in [-0.05, 0) is 43.3 Å². The van der Waals surface area contributed by atoms with E-state index in [9.17, 15) is 9.59 Å². The van der Waals surface area contributed by atoms with Crippen molar-refractivity contribution in [2.45, 2.75) is 11.9 Å². The Hall–Kier alpha value is -3.12. The van der Waals surface area contributed by atoms with Crippen molar-refractivity contribution >= 4 is 29.3 Å². The van der Waals surface area contributed by atoms with Crippen molar-refractivity contribution in [3.8, 4) is 0 Å². The molecule has 1 aromatic heterocycles. The first-order chi connectivity index (χ1) is 13.6. The van der Waals surface area contributed by atoms with Crippen LogP contribution in [-0.4, -0.2) is 29.1 Å². The van der Waals surface area contributed by atoms with E-state index in [0.29, 0.717) is 23.4 Å². The lowest BCUT2D eigenvalue weighted by atomic mass is 10.1. The molecule has 3 rings (SSSR count). The van der Waals surface area contributed by atoms with E-state index in [4.69, 9.17) is 0 Å². The Kier molecular flexibility index (Phi) is 6.81. The van der Waals surface area contributed by atoms with Crippen LogP contribution < -0.4 is 10.6 Å². The second kappa shape index (κ2) is 9.71. The monoisotopic (exact) mass is 391 g/mol. The first-order valence-electron chi connectivity index (χ1n) is 8.92. The fourth-order valence-electron chi connectivity index (χ4n) is 2.53. The molecule has 142 valence electrons. The van der Waals surface area contributed by atoms with Crippen molar-refractivity contribution in [1.29, 1.82) is 0 Å². The van der Waals surface area contributed by atoms with Gasteiger partial charge in [-0.25, -0.2) is 4.98 Å². The lowest BCUT2D eigenvalue weighted by Gasteiger charge is -2.07. The summed E-state index contributed by atoms with van der Waals surface area (Å²) in [5, 5.41) is 6.54. The van der Waals surface area contributed by atoms with Crippen LogP contribution in [0.3, 0.4) is 0 Å². The van der Waals surface area contributed by atoms with Gasteiger partial charge in [-0.2, -0.15) is 0 Å². The summed E-state index contributed by atoms with van der Waals surface area (Å²) in [5.41, 5.74) is 2.97. The summed E-state index contributed by atoms with van der Waals surface area (Å²) in [6.07, 6.45) is 1.56. The van der Waals surface area contributed by atoms with Gasteiger partial charge in [-0.3, -0.25) is 9.59 Å². The topological polar surface area (TPSA) is 71.1 Å². The number of aromatic nitrogens is 1. The molecule has 0 atom stereocenters. The minimum atomic E-state index is -0.194. The number of nitrogens with one attached hydrogen (secondary N) is 2. The van der Waals surface area contributed by atoms with Crippen molar-refractivity contribution in [3.05, 3.63) is 89.6 Å². The van der Waals surface area contributed by atoms with Crippen molar-refractivity contribution < 1.29 is 9.59 Å². The molecule has 3 aromatic rings. The number of nitrogens with zero attached hydrogens (tertiary/aromatic N) is 1. The van der Waals surface area contributed by atoms with E-state index < -0.39 is 0 Å².